The molecule has 2 unspecified atom stereocenters. The minimum Gasteiger partial charge on any atom is -0.441 e. The summed E-state index contributed by atoms with van der Waals surface area (Å²) in [5, 5.41) is 0. The lowest BCUT2D eigenvalue weighted by atomic mass is 9.80. The van der Waals surface area contributed by atoms with Crippen LogP contribution in [0.4, 0.5) is 0 Å². The molecule has 4 aliphatic carbocycles. The van der Waals surface area contributed by atoms with Gasteiger partial charge in [0, 0.05) is 16.7 Å². The second-order valence-corrected chi connectivity index (χ2v) is 12.8. The van der Waals surface area contributed by atoms with E-state index in [0.717, 1.165) is 42.4 Å². The molecule has 1 heterocycles. The summed E-state index contributed by atoms with van der Waals surface area (Å²) in [7, 11) is 0. The van der Waals surface area contributed by atoms with Gasteiger partial charge in [-0.25, -0.2) is 4.79 Å². The standard InChI is InChI=1S/C36H34O6/c37-33-29-11-5-6-12-30(29)36(42-33,21-13-17-23(18-14-21)40-34(38)31-25-7-1-2-8-26(25)31)22-15-19-24(20-16-22)41-35(39)32-27-9-3-4-10-28(27)32/h5-6,11-20,25-28,31-32H,1-4,7-10H2/t25-,26-,27-,28+,32?,36?/m1/s1. The van der Waals surface area contributed by atoms with Gasteiger partial charge in [-0.05, 0) is 79.7 Å². The lowest BCUT2D eigenvalue weighted by molar-refractivity contribution is -0.137. The van der Waals surface area contributed by atoms with E-state index in [2.05, 4.69) is 0 Å². The summed E-state index contributed by atoms with van der Waals surface area (Å²) in [6, 6.07) is 22.0. The van der Waals surface area contributed by atoms with Crippen LogP contribution in [-0.2, 0) is 19.9 Å². The largest absolute Gasteiger partial charge is 0.441 e. The first-order chi connectivity index (χ1) is 20.5. The van der Waals surface area contributed by atoms with Gasteiger partial charge in [0.05, 0.1) is 17.4 Å². The number of ether oxygens (including phenoxy) is 3. The minimum atomic E-state index is -1.18. The van der Waals surface area contributed by atoms with Crippen LogP contribution in [0.15, 0.2) is 72.8 Å². The van der Waals surface area contributed by atoms with E-state index in [0.29, 0.717) is 40.7 Å². The highest BCUT2D eigenvalue weighted by atomic mass is 16.6. The number of esters is 3. The van der Waals surface area contributed by atoms with Crippen molar-refractivity contribution in [1.82, 2.24) is 0 Å². The van der Waals surface area contributed by atoms with Crippen molar-refractivity contribution >= 4 is 17.9 Å². The molecule has 6 nitrogen and oxygen atoms in total. The molecule has 3 aromatic carbocycles. The maximum Gasteiger partial charge on any atom is 0.340 e. The summed E-state index contributed by atoms with van der Waals surface area (Å²) in [5.41, 5.74) is 1.56. The lowest BCUT2D eigenvalue weighted by Gasteiger charge is -2.30. The predicted molar refractivity (Wildman–Crippen MR) is 154 cm³/mol. The topological polar surface area (TPSA) is 78.9 Å². The van der Waals surface area contributed by atoms with Crippen LogP contribution in [0.25, 0.3) is 0 Å². The summed E-state index contributed by atoms with van der Waals surface area (Å²) in [5.74, 6) is 2.30. The van der Waals surface area contributed by atoms with Gasteiger partial charge < -0.3 is 14.2 Å². The number of hydrogen-bond acceptors (Lipinski definition) is 6. The van der Waals surface area contributed by atoms with Gasteiger partial charge in [0.15, 0.2) is 5.60 Å². The van der Waals surface area contributed by atoms with Crippen LogP contribution in [0.5, 0.6) is 11.5 Å². The van der Waals surface area contributed by atoms with Gasteiger partial charge in [-0.2, -0.15) is 0 Å². The number of fused-ring (bicyclic) bond motifs is 3. The van der Waals surface area contributed by atoms with Crippen LogP contribution in [0.3, 0.4) is 0 Å². The molecule has 0 amide bonds. The molecule has 0 aromatic heterocycles. The number of carbonyl (C=O) groups excluding carboxylic acids is 3. The molecular weight excluding hydrogens is 528 g/mol. The van der Waals surface area contributed by atoms with Crippen LogP contribution in [0.2, 0.25) is 0 Å². The molecule has 214 valence electrons. The Kier molecular flexibility index (Phi) is 6.02. The predicted octanol–water partition coefficient (Wildman–Crippen LogP) is 6.83. The van der Waals surface area contributed by atoms with Crippen molar-refractivity contribution in [2.24, 2.45) is 35.5 Å². The average molecular weight is 563 g/mol. The number of benzene rings is 3. The van der Waals surface area contributed by atoms with Crippen molar-refractivity contribution in [2.75, 3.05) is 0 Å². The molecule has 1 aliphatic heterocycles. The molecule has 0 saturated heterocycles. The fraction of sp³-hybridized carbons (Fsp3) is 0.417. The average Bonchev–Trinajstić information content (AvgIpc) is 3.92. The van der Waals surface area contributed by atoms with Crippen molar-refractivity contribution in [2.45, 2.75) is 57.0 Å². The van der Waals surface area contributed by atoms with Gasteiger partial charge in [0.1, 0.15) is 11.5 Å². The van der Waals surface area contributed by atoms with Gasteiger partial charge in [0.25, 0.3) is 0 Å². The van der Waals surface area contributed by atoms with E-state index in [4.69, 9.17) is 14.2 Å². The molecule has 8 rings (SSSR count). The van der Waals surface area contributed by atoms with E-state index < -0.39 is 11.6 Å². The van der Waals surface area contributed by atoms with Crippen molar-refractivity contribution < 1.29 is 28.6 Å². The zero-order chi connectivity index (χ0) is 28.4. The van der Waals surface area contributed by atoms with Gasteiger partial charge >= 0.3 is 17.9 Å². The van der Waals surface area contributed by atoms with Gasteiger partial charge in [-0.15, -0.1) is 0 Å². The van der Waals surface area contributed by atoms with E-state index in [-0.39, 0.29) is 23.8 Å². The Labute approximate surface area is 245 Å². The Morgan fingerprint density at radius 3 is 1.50 bits per heavy atom. The van der Waals surface area contributed by atoms with Crippen LogP contribution >= 0.6 is 0 Å². The number of rotatable bonds is 6. The van der Waals surface area contributed by atoms with Crippen LogP contribution < -0.4 is 9.47 Å². The van der Waals surface area contributed by atoms with Gasteiger partial charge in [0.2, 0.25) is 0 Å². The monoisotopic (exact) mass is 562 g/mol. The highest BCUT2D eigenvalue weighted by Crippen LogP contribution is 2.57. The Balaban J connectivity index is 1.06. The SMILES string of the molecule is O=C1OC(c2ccc(OC(=O)C3[C@H]4CCCC[C@@H]34)cc2)(c2ccc(OC(=O)C3[C@@H]4CCCC[C@@H]34)cc2)c2ccccc21. The van der Waals surface area contributed by atoms with E-state index in [1.807, 2.05) is 42.5 Å². The molecule has 42 heavy (non-hydrogen) atoms. The molecule has 0 radical (unpaired) electrons. The number of cyclic esters (lactones) is 1. The summed E-state index contributed by atoms with van der Waals surface area (Å²) < 4.78 is 17.8. The van der Waals surface area contributed by atoms with Crippen molar-refractivity contribution in [1.29, 1.82) is 0 Å². The smallest absolute Gasteiger partial charge is 0.340 e. The molecule has 4 saturated carbocycles. The van der Waals surface area contributed by atoms with E-state index in [9.17, 15) is 14.4 Å². The summed E-state index contributed by atoms with van der Waals surface area (Å²) in [4.78, 5) is 38.8. The quantitative estimate of drug-likeness (QED) is 0.242. The molecule has 0 bridgehead atoms. The maximum absolute atomic E-state index is 13.1. The van der Waals surface area contributed by atoms with Crippen LogP contribution in [0.1, 0.15) is 78.4 Å². The first-order valence-corrected chi connectivity index (χ1v) is 15.5. The zero-order valence-electron chi connectivity index (χ0n) is 23.5. The molecule has 0 spiro atoms. The van der Waals surface area contributed by atoms with Crippen LogP contribution in [-0.4, -0.2) is 17.9 Å². The molecule has 6 atom stereocenters. The number of hydrogen-bond donors (Lipinski definition) is 0. The fourth-order valence-corrected chi connectivity index (χ4v) is 8.38. The minimum absolute atomic E-state index is 0.0257. The highest BCUT2D eigenvalue weighted by Gasteiger charge is 2.57. The zero-order valence-corrected chi connectivity index (χ0v) is 23.5. The Morgan fingerprint density at radius 2 is 1.05 bits per heavy atom. The maximum atomic E-state index is 13.1. The highest BCUT2D eigenvalue weighted by molar-refractivity contribution is 5.96. The second kappa shape index (κ2) is 9.82. The summed E-state index contributed by atoms with van der Waals surface area (Å²) >= 11 is 0. The van der Waals surface area contributed by atoms with E-state index in [1.165, 1.54) is 25.7 Å². The molecule has 3 aromatic rings. The van der Waals surface area contributed by atoms with E-state index >= 15 is 0 Å². The third-order valence-electron chi connectivity index (χ3n) is 10.6. The van der Waals surface area contributed by atoms with Crippen molar-refractivity contribution in [3.05, 3.63) is 95.1 Å². The molecular formula is C36H34O6. The molecule has 6 heteroatoms. The molecule has 4 fully saturated rings. The summed E-state index contributed by atoms with van der Waals surface area (Å²) in [6.45, 7) is 0. The normalized spacial score (nSPS) is 32.0. The first kappa shape index (κ1) is 25.8. The van der Waals surface area contributed by atoms with Gasteiger partial charge in [-0.1, -0.05) is 68.1 Å². The second-order valence-electron chi connectivity index (χ2n) is 12.8. The fourth-order valence-electron chi connectivity index (χ4n) is 8.38. The van der Waals surface area contributed by atoms with Crippen molar-refractivity contribution in [3.63, 3.8) is 0 Å². The Hall–Kier alpha value is -3.93. The number of carbonyl (C=O) groups is 3. The van der Waals surface area contributed by atoms with Crippen molar-refractivity contribution in [3.8, 4) is 11.5 Å². The van der Waals surface area contributed by atoms with E-state index in [1.54, 1.807) is 30.3 Å². The molecule has 0 N–H and O–H groups in total. The Bertz CT molecular complexity index is 1450. The lowest BCUT2D eigenvalue weighted by Crippen LogP contribution is -2.29. The van der Waals surface area contributed by atoms with Crippen LogP contribution in [0, 0.1) is 35.5 Å². The van der Waals surface area contributed by atoms with Gasteiger partial charge in [-0.3, -0.25) is 9.59 Å². The molecule has 5 aliphatic rings. The third-order valence-corrected chi connectivity index (χ3v) is 10.6. The Morgan fingerprint density at radius 1 is 0.619 bits per heavy atom. The third kappa shape index (κ3) is 4.10. The summed E-state index contributed by atoms with van der Waals surface area (Å²) in [6.07, 6.45) is 9.29. The first-order valence-electron chi connectivity index (χ1n) is 15.5.